The van der Waals surface area contributed by atoms with Gasteiger partial charge in [0.1, 0.15) is 19.0 Å². The smallest absolute Gasteiger partial charge is 0.230 e. The summed E-state index contributed by atoms with van der Waals surface area (Å²) in [5.41, 5.74) is 1.62. The molecule has 1 heterocycles. The van der Waals surface area contributed by atoms with Gasteiger partial charge in [-0.1, -0.05) is 18.2 Å². The van der Waals surface area contributed by atoms with Gasteiger partial charge in [-0.3, -0.25) is 4.79 Å². The summed E-state index contributed by atoms with van der Waals surface area (Å²) in [6.45, 7) is 1.63. The first-order valence-electron chi connectivity index (χ1n) is 8.53. The van der Waals surface area contributed by atoms with Crippen molar-refractivity contribution in [3.8, 4) is 17.2 Å². The average Bonchev–Trinajstić information content (AvgIpc) is 3.48. The molecule has 0 bridgehead atoms. The lowest BCUT2D eigenvalue weighted by Crippen LogP contribution is -2.34. The molecule has 1 saturated carbocycles. The number of carbonyl (C=O) groups is 1. The molecule has 1 amide bonds. The Morgan fingerprint density at radius 2 is 1.80 bits per heavy atom. The monoisotopic (exact) mass is 339 g/mol. The molecule has 1 aliphatic carbocycles. The van der Waals surface area contributed by atoms with Crippen LogP contribution in [0, 0.1) is 0 Å². The third-order valence-corrected chi connectivity index (χ3v) is 4.89. The van der Waals surface area contributed by atoms with Crippen molar-refractivity contribution in [3.05, 3.63) is 53.6 Å². The van der Waals surface area contributed by atoms with Crippen LogP contribution in [0.25, 0.3) is 0 Å². The summed E-state index contributed by atoms with van der Waals surface area (Å²) >= 11 is 0. The highest BCUT2D eigenvalue weighted by atomic mass is 16.6. The minimum absolute atomic E-state index is 0.0694. The third kappa shape index (κ3) is 3.02. The van der Waals surface area contributed by atoms with Gasteiger partial charge >= 0.3 is 0 Å². The van der Waals surface area contributed by atoms with Crippen LogP contribution >= 0.6 is 0 Å². The summed E-state index contributed by atoms with van der Waals surface area (Å²) in [4.78, 5) is 12.8. The maximum absolute atomic E-state index is 12.8. The maximum Gasteiger partial charge on any atom is 0.230 e. The van der Waals surface area contributed by atoms with Crippen molar-refractivity contribution in [1.82, 2.24) is 5.32 Å². The Kier molecular flexibility index (Phi) is 3.99. The second kappa shape index (κ2) is 6.31. The highest BCUT2D eigenvalue weighted by Gasteiger charge is 2.51. The molecule has 5 heteroatoms. The molecule has 0 unspecified atom stereocenters. The normalized spacial score (nSPS) is 16.8. The lowest BCUT2D eigenvalue weighted by Gasteiger charge is -2.21. The zero-order chi connectivity index (χ0) is 17.3. The highest BCUT2D eigenvalue weighted by molar-refractivity contribution is 5.91. The Morgan fingerprint density at radius 1 is 1.08 bits per heavy atom. The zero-order valence-corrected chi connectivity index (χ0v) is 14.2. The summed E-state index contributed by atoms with van der Waals surface area (Å²) in [5.74, 6) is 2.37. The van der Waals surface area contributed by atoms with Crippen LogP contribution < -0.4 is 19.5 Å². The second-order valence-electron chi connectivity index (χ2n) is 6.47. The van der Waals surface area contributed by atoms with Gasteiger partial charge in [0.15, 0.2) is 11.5 Å². The summed E-state index contributed by atoms with van der Waals surface area (Å²) < 4.78 is 16.4. The molecule has 4 rings (SSSR count). The molecular formula is C20H21NO4. The van der Waals surface area contributed by atoms with Crippen molar-refractivity contribution >= 4 is 5.91 Å². The van der Waals surface area contributed by atoms with E-state index in [0.29, 0.717) is 19.8 Å². The lowest BCUT2D eigenvalue weighted by molar-refractivity contribution is -0.123. The van der Waals surface area contributed by atoms with E-state index in [1.807, 2.05) is 42.5 Å². The van der Waals surface area contributed by atoms with Gasteiger partial charge in [-0.2, -0.15) is 0 Å². The number of fused-ring (bicyclic) bond motifs is 1. The van der Waals surface area contributed by atoms with Crippen molar-refractivity contribution in [2.45, 2.75) is 24.8 Å². The minimum atomic E-state index is -0.428. The van der Waals surface area contributed by atoms with Gasteiger partial charge in [-0.15, -0.1) is 0 Å². The molecule has 0 spiro atoms. The van der Waals surface area contributed by atoms with E-state index in [1.54, 1.807) is 7.11 Å². The van der Waals surface area contributed by atoms with E-state index in [-0.39, 0.29) is 5.91 Å². The van der Waals surface area contributed by atoms with Crippen molar-refractivity contribution in [1.29, 1.82) is 0 Å². The van der Waals surface area contributed by atoms with Crippen molar-refractivity contribution < 1.29 is 19.0 Å². The van der Waals surface area contributed by atoms with Gasteiger partial charge in [-0.05, 0) is 48.2 Å². The van der Waals surface area contributed by atoms with Crippen LogP contribution in [-0.2, 0) is 16.8 Å². The van der Waals surface area contributed by atoms with E-state index in [0.717, 1.165) is 41.2 Å². The number of rotatable bonds is 5. The van der Waals surface area contributed by atoms with E-state index < -0.39 is 5.41 Å². The van der Waals surface area contributed by atoms with Gasteiger partial charge in [0, 0.05) is 6.54 Å². The number of nitrogens with one attached hydrogen (secondary N) is 1. The molecule has 1 N–H and O–H groups in total. The molecule has 2 aromatic rings. The molecular weight excluding hydrogens is 318 g/mol. The van der Waals surface area contributed by atoms with E-state index >= 15 is 0 Å². The first-order valence-corrected chi connectivity index (χ1v) is 8.53. The summed E-state index contributed by atoms with van der Waals surface area (Å²) in [6, 6.07) is 13.6. The Morgan fingerprint density at radius 3 is 2.48 bits per heavy atom. The minimum Gasteiger partial charge on any atom is -0.497 e. The van der Waals surface area contributed by atoms with Crippen LogP contribution in [0.3, 0.4) is 0 Å². The topological polar surface area (TPSA) is 56.8 Å². The third-order valence-electron chi connectivity index (χ3n) is 4.89. The zero-order valence-electron chi connectivity index (χ0n) is 14.2. The average molecular weight is 339 g/mol. The van der Waals surface area contributed by atoms with E-state index in [9.17, 15) is 4.79 Å². The quantitative estimate of drug-likeness (QED) is 0.910. The fourth-order valence-corrected chi connectivity index (χ4v) is 3.21. The van der Waals surface area contributed by atoms with E-state index in [2.05, 4.69) is 5.32 Å². The standard InChI is InChI=1S/C20H21NO4/c1-23-16-5-2-14(3-6-16)13-21-19(22)20(8-9-20)15-4-7-17-18(12-15)25-11-10-24-17/h2-7,12H,8-11,13H2,1H3,(H,21,22). The van der Waals surface area contributed by atoms with Gasteiger partial charge in [0.25, 0.3) is 0 Å². The molecule has 0 aromatic heterocycles. The Hall–Kier alpha value is -2.69. The fourth-order valence-electron chi connectivity index (χ4n) is 3.21. The van der Waals surface area contributed by atoms with Crippen LogP contribution in [0.15, 0.2) is 42.5 Å². The van der Waals surface area contributed by atoms with E-state index in [4.69, 9.17) is 14.2 Å². The van der Waals surface area contributed by atoms with Gasteiger partial charge < -0.3 is 19.5 Å². The SMILES string of the molecule is COc1ccc(CNC(=O)C2(c3ccc4c(c3)OCCO4)CC2)cc1. The molecule has 1 aliphatic heterocycles. The van der Waals surface area contributed by atoms with Crippen molar-refractivity contribution in [3.63, 3.8) is 0 Å². The largest absolute Gasteiger partial charge is 0.497 e. The van der Waals surface area contributed by atoms with E-state index in [1.165, 1.54) is 0 Å². The number of hydrogen-bond donors (Lipinski definition) is 1. The molecule has 5 nitrogen and oxygen atoms in total. The molecule has 130 valence electrons. The predicted octanol–water partition coefficient (Wildman–Crippen LogP) is 2.81. The number of ether oxygens (including phenoxy) is 3. The number of hydrogen-bond acceptors (Lipinski definition) is 4. The van der Waals surface area contributed by atoms with Crippen LogP contribution in [0.5, 0.6) is 17.2 Å². The van der Waals surface area contributed by atoms with Crippen LogP contribution in [-0.4, -0.2) is 26.2 Å². The molecule has 25 heavy (non-hydrogen) atoms. The molecule has 1 fully saturated rings. The van der Waals surface area contributed by atoms with Crippen LogP contribution in [0.1, 0.15) is 24.0 Å². The van der Waals surface area contributed by atoms with Gasteiger partial charge in [0.2, 0.25) is 5.91 Å². The van der Waals surface area contributed by atoms with Crippen LogP contribution in [0.2, 0.25) is 0 Å². The summed E-state index contributed by atoms with van der Waals surface area (Å²) in [7, 11) is 1.64. The predicted molar refractivity (Wildman–Crippen MR) is 93.2 cm³/mol. The molecule has 2 aromatic carbocycles. The molecule has 0 atom stereocenters. The second-order valence-corrected chi connectivity index (χ2v) is 6.47. The first kappa shape index (κ1) is 15.8. The number of benzene rings is 2. The highest BCUT2D eigenvalue weighted by Crippen LogP contribution is 2.50. The summed E-state index contributed by atoms with van der Waals surface area (Å²) in [6.07, 6.45) is 1.72. The molecule has 0 saturated heterocycles. The Labute approximate surface area is 146 Å². The number of carbonyl (C=O) groups excluding carboxylic acids is 1. The molecule has 0 radical (unpaired) electrons. The molecule has 2 aliphatic rings. The first-order chi connectivity index (χ1) is 12.2. The number of amides is 1. The van der Waals surface area contributed by atoms with Crippen molar-refractivity contribution in [2.75, 3.05) is 20.3 Å². The maximum atomic E-state index is 12.8. The van der Waals surface area contributed by atoms with Crippen molar-refractivity contribution in [2.24, 2.45) is 0 Å². The summed E-state index contributed by atoms with van der Waals surface area (Å²) in [5, 5.41) is 3.07. The van der Waals surface area contributed by atoms with Gasteiger partial charge in [-0.25, -0.2) is 0 Å². The number of methoxy groups -OCH3 is 1. The lowest BCUT2D eigenvalue weighted by atomic mass is 9.94. The van der Waals surface area contributed by atoms with Gasteiger partial charge in [0.05, 0.1) is 12.5 Å². The fraction of sp³-hybridized carbons (Fsp3) is 0.350. The van der Waals surface area contributed by atoms with Crippen LogP contribution in [0.4, 0.5) is 0 Å². The Bertz CT molecular complexity index is 781. The Balaban J connectivity index is 1.45.